The first-order valence-corrected chi connectivity index (χ1v) is 18.8. The van der Waals surface area contributed by atoms with Crippen LogP contribution in [0.1, 0.15) is 57.1 Å². The van der Waals surface area contributed by atoms with Gasteiger partial charge in [0.25, 0.3) is 0 Å². The van der Waals surface area contributed by atoms with Gasteiger partial charge in [-0.15, -0.1) is 11.3 Å². The van der Waals surface area contributed by atoms with Gasteiger partial charge in [0.15, 0.2) is 23.9 Å². The molecule has 2 aromatic heterocycles. The number of carbonyl (C=O) groups excluding carboxylic acids is 2. The zero-order valence-electron chi connectivity index (χ0n) is 29.7. The molecule has 0 N–H and O–H groups in total. The van der Waals surface area contributed by atoms with E-state index in [9.17, 15) is 14.8 Å². The topological polar surface area (TPSA) is 104 Å². The van der Waals surface area contributed by atoms with Gasteiger partial charge in [0.1, 0.15) is 32.5 Å². The van der Waals surface area contributed by atoms with Crippen LogP contribution < -0.4 is 14.2 Å². The second kappa shape index (κ2) is 16.4. The van der Waals surface area contributed by atoms with Gasteiger partial charge in [0.05, 0.1) is 14.2 Å². The maximum absolute atomic E-state index is 14.0. The lowest BCUT2D eigenvalue weighted by atomic mass is 9.81. The van der Waals surface area contributed by atoms with E-state index in [0.717, 1.165) is 42.9 Å². The van der Waals surface area contributed by atoms with E-state index in [-0.39, 0.29) is 28.5 Å². The summed E-state index contributed by atoms with van der Waals surface area (Å²) in [6.45, 7) is 5.81. The minimum atomic E-state index is -0.904. The maximum Gasteiger partial charge on any atom is 0.348 e. The molecule has 52 heavy (non-hydrogen) atoms. The molecule has 0 radical (unpaired) electrons. The quantitative estimate of drug-likeness (QED) is 0.0773. The van der Waals surface area contributed by atoms with Crippen molar-refractivity contribution < 1.29 is 33.3 Å². The van der Waals surface area contributed by atoms with Crippen LogP contribution >= 0.6 is 34.5 Å². The highest BCUT2D eigenvalue weighted by molar-refractivity contribution is 7.13. The van der Waals surface area contributed by atoms with Crippen molar-refractivity contribution in [1.29, 1.82) is 0 Å². The van der Waals surface area contributed by atoms with Gasteiger partial charge in [0, 0.05) is 36.5 Å². The molecular weight excluding hydrogens is 725 g/mol. The van der Waals surface area contributed by atoms with E-state index in [2.05, 4.69) is 9.80 Å². The van der Waals surface area contributed by atoms with E-state index in [1.54, 1.807) is 24.3 Å². The number of carbonyl (C=O) groups is 2. The standard InChI is InChI=1S/C39H43Cl2N3O7S/c1-39(27-8-6-5-7-9-27,38(46)51-35-23-43-16-14-25(35)15-17-43)24-42(2)20-28-11-13-36(52-28)37(45)50-33(19-29-30(40)21-44(47)22-31(29)41)26-10-12-32(48-3)34(18-26)49-4/h5-13,18,21-22,25,33,35H,14-17,19-20,23-24H2,1-4H3/t33?,35-,39?/m0/s1. The van der Waals surface area contributed by atoms with Gasteiger partial charge in [-0.3, -0.25) is 14.6 Å². The van der Waals surface area contributed by atoms with Crippen molar-refractivity contribution in [2.75, 3.05) is 47.4 Å². The Labute approximate surface area is 318 Å². The molecule has 0 amide bonds. The Hall–Kier alpha value is -3.87. The third kappa shape index (κ3) is 8.50. The fourth-order valence-corrected chi connectivity index (χ4v) is 8.77. The molecule has 2 aromatic carbocycles. The van der Waals surface area contributed by atoms with Gasteiger partial charge < -0.3 is 24.2 Å². The summed E-state index contributed by atoms with van der Waals surface area (Å²) < 4.78 is 23.8. The first kappa shape index (κ1) is 37.9. The van der Waals surface area contributed by atoms with Crippen molar-refractivity contribution in [3.8, 4) is 11.5 Å². The number of hydrogen-bond donors (Lipinski definition) is 0. The monoisotopic (exact) mass is 767 g/mol. The SMILES string of the molecule is COc1ccc(C(Cc2c(Cl)c[n+]([O-])cc2Cl)OC(=O)c2ccc(CN(C)CC(C)(C(=O)O[C@H]3CN4CCC3CC4)c3ccccc3)s2)cc1OC. The Morgan fingerprint density at radius 3 is 2.35 bits per heavy atom. The predicted molar refractivity (Wildman–Crippen MR) is 200 cm³/mol. The van der Waals surface area contributed by atoms with E-state index in [0.29, 0.717) is 51.2 Å². The molecule has 3 atom stereocenters. The number of fused-ring (bicyclic) bond motifs is 3. The molecule has 5 heterocycles. The molecular formula is C39H43Cl2N3O7S. The lowest BCUT2D eigenvalue weighted by Crippen LogP contribution is -2.54. The van der Waals surface area contributed by atoms with Crippen molar-refractivity contribution in [3.63, 3.8) is 0 Å². The summed E-state index contributed by atoms with van der Waals surface area (Å²) in [6, 6.07) is 18.7. The van der Waals surface area contributed by atoms with Gasteiger partial charge in [-0.2, -0.15) is 4.73 Å². The number of methoxy groups -OCH3 is 2. The normalized spacial score (nSPS) is 19.9. The lowest BCUT2D eigenvalue weighted by molar-refractivity contribution is -0.605. The number of piperidine rings is 3. The Bertz CT molecular complexity index is 1860. The zero-order valence-corrected chi connectivity index (χ0v) is 32.0. The zero-order chi connectivity index (χ0) is 37.0. The van der Waals surface area contributed by atoms with Gasteiger partial charge in [-0.1, -0.05) is 59.6 Å². The molecule has 13 heteroatoms. The summed E-state index contributed by atoms with van der Waals surface area (Å²) in [5.74, 6) is 0.636. The number of rotatable bonds is 14. The van der Waals surface area contributed by atoms with Crippen LogP contribution in [0.25, 0.3) is 0 Å². The summed E-state index contributed by atoms with van der Waals surface area (Å²) in [5, 5.41) is 12.2. The van der Waals surface area contributed by atoms with Crippen LogP contribution in [0.4, 0.5) is 0 Å². The smallest absolute Gasteiger partial charge is 0.348 e. The van der Waals surface area contributed by atoms with Crippen molar-refractivity contribution in [2.45, 2.75) is 50.4 Å². The molecule has 0 aliphatic carbocycles. The third-order valence-corrected chi connectivity index (χ3v) is 11.8. The van der Waals surface area contributed by atoms with Crippen LogP contribution in [0.5, 0.6) is 11.5 Å². The Morgan fingerprint density at radius 2 is 1.71 bits per heavy atom. The van der Waals surface area contributed by atoms with Gasteiger partial charge in [-0.25, -0.2) is 4.79 Å². The minimum absolute atomic E-state index is 0.0889. The molecule has 4 aromatic rings. The van der Waals surface area contributed by atoms with Crippen LogP contribution in [0, 0.1) is 11.1 Å². The summed E-state index contributed by atoms with van der Waals surface area (Å²) in [6.07, 6.45) is 3.73. The molecule has 10 nitrogen and oxygen atoms in total. The summed E-state index contributed by atoms with van der Waals surface area (Å²) >= 11 is 14.2. The molecule has 0 saturated carbocycles. The van der Waals surface area contributed by atoms with Crippen LogP contribution in [0.3, 0.4) is 0 Å². The average molecular weight is 769 g/mol. The van der Waals surface area contributed by atoms with Gasteiger partial charge in [0.2, 0.25) is 0 Å². The maximum atomic E-state index is 14.0. The van der Waals surface area contributed by atoms with E-state index in [1.807, 2.05) is 50.4 Å². The number of benzene rings is 2. The number of hydrogen-bond acceptors (Lipinski definition) is 10. The first-order valence-electron chi connectivity index (χ1n) is 17.2. The first-order chi connectivity index (χ1) is 25.0. The van der Waals surface area contributed by atoms with Gasteiger partial charge in [-0.05, 0) is 81.2 Å². The van der Waals surface area contributed by atoms with Crippen LogP contribution in [0.2, 0.25) is 10.0 Å². The van der Waals surface area contributed by atoms with E-state index in [1.165, 1.54) is 38.0 Å². The molecule has 3 fully saturated rings. The molecule has 276 valence electrons. The number of aromatic nitrogens is 1. The highest BCUT2D eigenvalue weighted by Gasteiger charge is 2.43. The van der Waals surface area contributed by atoms with E-state index in [4.69, 9.17) is 42.1 Å². The van der Waals surface area contributed by atoms with E-state index >= 15 is 0 Å². The highest BCUT2D eigenvalue weighted by atomic mass is 35.5. The number of ether oxygens (including phenoxy) is 4. The average Bonchev–Trinajstić information content (AvgIpc) is 3.61. The molecule has 7 rings (SSSR count). The largest absolute Gasteiger partial charge is 0.619 e. The number of pyridine rings is 1. The summed E-state index contributed by atoms with van der Waals surface area (Å²) in [5.41, 5.74) is 1.08. The number of halogens is 2. The molecule has 0 spiro atoms. The number of likely N-dealkylation sites (N-methyl/N-ethyl adjacent to an activating group) is 1. The van der Waals surface area contributed by atoms with Crippen molar-refractivity contribution in [3.05, 3.63) is 115 Å². The predicted octanol–water partition coefficient (Wildman–Crippen LogP) is 6.87. The second-order valence-electron chi connectivity index (χ2n) is 13.7. The fraction of sp³-hybridized carbons (Fsp3) is 0.410. The minimum Gasteiger partial charge on any atom is -0.619 e. The number of esters is 2. The van der Waals surface area contributed by atoms with E-state index < -0.39 is 17.5 Å². The fourth-order valence-electron chi connectivity index (χ4n) is 7.20. The Morgan fingerprint density at radius 1 is 1.02 bits per heavy atom. The Balaban J connectivity index is 1.17. The summed E-state index contributed by atoms with van der Waals surface area (Å²) in [7, 11) is 5.02. The molecule has 2 bridgehead atoms. The van der Waals surface area contributed by atoms with Crippen molar-refractivity contribution in [2.24, 2.45) is 5.92 Å². The Kier molecular flexibility index (Phi) is 12.0. The van der Waals surface area contributed by atoms with Crippen LogP contribution in [0.15, 0.2) is 73.1 Å². The number of thiophene rings is 1. The second-order valence-corrected chi connectivity index (χ2v) is 15.7. The molecule has 2 unspecified atom stereocenters. The van der Waals surface area contributed by atoms with Crippen LogP contribution in [-0.4, -0.2) is 75.3 Å². The van der Waals surface area contributed by atoms with Crippen LogP contribution in [-0.2, 0) is 32.6 Å². The third-order valence-electron chi connectivity index (χ3n) is 10.1. The molecule has 3 aliphatic heterocycles. The van der Waals surface area contributed by atoms with Crippen molar-refractivity contribution >= 4 is 46.5 Å². The number of nitrogens with zero attached hydrogens (tertiary/aromatic N) is 3. The summed E-state index contributed by atoms with van der Waals surface area (Å²) in [4.78, 5) is 33.5. The molecule has 3 saturated heterocycles. The van der Waals surface area contributed by atoms with Crippen molar-refractivity contribution in [1.82, 2.24) is 9.80 Å². The molecule has 3 aliphatic rings. The highest BCUT2D eigenvalue weighted by Crippen LogP contribution is 2.37. The van der Waals surface area contributed by atoms with Gasteiger partial charge >= 0.3 is 11.9 Å². The lowest BCUT2D eigenvalue weighted by Gasteiger charge is -2.45.